The molecule has 1 aromatic rings. The van der Waals surface area contributed by atoms with Crippen molar-refractivity contribution in [3.8, 4) is 0 Å². The SMILES string of the molecule is CSCC(C)N(C)c1nc(C(C)C)c(C(=O)O)s1. The van der Waals surface area contributed by atoms with Gasteiger partial charge in [0.2, 0.25) is 0 Å². The van der Waals surface area contributed by atoms with E-state index in [1.54, 1.807) is 11.8 Å². The minimum Gasteiger partial charge on any atom is -0.477 e. The Hall–Kier alpha value is -0.750. The summed E-state index contributed by atoms with van der Waals surface area (Å²) in [6, 6.07) is 0.341. The fourth-order valence-corrected chi connectivity index (χ4v) is 3.39. The van der Waals surface area contributed by atoms with E-state index in [-0.39, 0.29) is 5.92 Å². The molecule has 0 radical (unpaired) electrons. The molecule has 6 heteroatoms. The Kier molecular flexibility index (Phi) is 5.47. The maximum absolute atomic E-state index is 11.2. The zero-order valence-corrected chi connectivity index (χ0v) is 13.1. The van der Waals surface area contributed by atoms with Crippen molar-refractivity contribution in [3.05, 3.63) is 10.6 Å². The first-order valence-corrected chi connectivity index (χ1v) is 8.05. The van der Waals surface area contributed by atoms with Crippen LogP contribution in [0.15, 0.2) is 0 Å². The highest BCUT2D eigenvalue weighted by Gasteiger charge is 2.22. The molecule has 18 heavy (non-hydrogen) atoms. The van der Waals surface area contributed by atoms with Crippen LogP contribution in [-0.4, -0.2) is 41.2 Å². The predicted octanol–water partition coefficient (Wildman–Crippen LogP) is 3.15. The predicted molar refractivity (Wildman–Crippen MR) is 79.4 cm³/mol. The second-order valence-corrected chi connectivity index (χ2v) is 6.47. The Morgan fingerprint density at radius 3 is 2.50 bits per heavy atom. The molecule has 0 saturated carbocycles. The van der Waals surface area contributed by atoms with Gasteiger partial charge in [-0.25, -0.2) is 9.78 Å². The van der Waals surface area contributed by atoms with Crippen molar-refractivity contribution < 1.29 is 9.90 Å². The Bertz CT molecular complexity index is 418. The van der Waals surface area contributed by atoms with E-state index in [2.05, 4.69) is 23.1 Å². The molecular weight excluding hydrogens is 268 g/mol. The van der Waals surface area contributed by atoms with Crippen molar-refractivity contribution in [2.24, 2.45) is 0 Å². The van der Waals surface area contributed by atoms with Gasteiger partial charge in [-0.1, -0.05) is 25.2 Å². The summed E-state index contributed by atoms with van der Waals surface area (Å²) in [5, 5.41) is 9.99. The van der Waals surface area contributed by atoms with Crippen LogP contribution in [0.25, 0.3) is 0 Å². The van der Waals surface area contributed by atoms with Gasteiger partial charge in [0.1, 0.15) is 4.88 Å². The van der Waals surface area contributed by atoms with Gasteiger partial charge in [0.05, 0.1) is 5.69 Å². The van der Waals surface area contributed by atoms with Crippen molar-refractivity contribution in [2.75, 3.05) is 24.0 Å². The summed E-state index contributed by atoms with van der Waals surface area (Å²) in [6.07, 6.45) is 2.06. The topological polar surface area (TPSA) is 53.4 Å². The van der Waals surface area contributed by atoms with E-state index in [1.807, 2.05) is 20.9 Å². The number of thioether (sulfide) groups is 1. The molecule has 0 fully saturated rings. The summed E-state index contributed by atoms with van der Waals surface area (Å²) < 4.78 is 0. The van der Waals surface area contributed by atoms with Crippen molar-refractivity contribution in [1.82, 2.24) is 4.98 Å². The van der Waals surface area contributed by atoms with E-state index < -0.39 is 5.97 Å². The molecule has 0 amide bonds. The lowest BCUT2D eigenvalue weighted by Gasteiger charge is -2.23. The maximum atomic E-state index is 11.2. The van der Waals surface area contributed by atoms with Crippen LogP contribution in [0.2, 0.25) is 0 Å². The third kappa shape index (κ3) is 3.38. The molecule has 0 aromatic carbocycles. The molecule has 1 N–H and O–H groups in total. The minimum absolute atomic E-state index is 0.130. The Labute approximate surface area is 116 Å². The molecular formula is C12H20N2O2S2. The van der Waals surface area contributed by atoms with Crippen molar-refractivity contribution >= 4 is 34.2 Å². The quantitative estimate of drug-likeness (QED) is 0.871. The molecule has 1 rings (SSSR count). The van der Waals surface area contributed by atoms with Gasteiger partial charge in [0.25, 0.3) is 0 Å². The highest BCUT2D eigenvalue weighted by atomic mass is 32.2. The van der Waals surface area contributed by atoms with Gasteiger partial charge in [0.15, 0.2) is 5.13 Å². The Morgan fingerprint density at radius 2 is 2.11 bits per heavy atom. The van der Waals surface area contributed by atoms with Gasteiger partial charge < -0.3 is 10.0 Å². The monoisotopic (exact) mass is 288 g/mol. The fourth-order valence-electron chi connectivity index (χ4n) is 1.56. The highest BCUT2D eigenvalue weighted by molar-refractivity contribution is 7.98. The molecule has 0 aliphatic heterocycles. The third-order valence-corrected chi connectivity index (χ3v) is 4.72. The Balaban J connectivity index is 3.04. The number of hydrogen-bond acceptors (Lipinski definition) is 5. The average molecular weight is 288 g/mol. The summed E-state index contributed by atoms with van der Waals surface area (Å²) in [7, 11) is 1.97. The summed E-state index contributed by atoms with van der Waals surface area (Å²) >= 11 is 3.04. The number of thiazole rings is 1. The van der Waals surface area contributed by atoms with E-state index in [0.29, 0.717) is 16.6 Å². The van der Waals surface area contributed by atoms with Gasteiger partial charge in [-0.15, -0.1) is 0 Å². The second kappa shape index (κ2) is 6.43. The smallest absolute Gasteiger partial charge is 0.347 e. The molecule has 102 valence electrons. The van der Waals surface area contributed by atoms with Crippen LogP contribution in [0.5, 0.6) is 0 Å². The fraction of sp³-hybridized carbons (Fsp3) is 0.667. The van der Waals surface area contributed by atoms with Gasteiger partial charge in [-0.05, 0) is 19.1 Å². The molecule has 0 spiro atoms. The van der Waals surface area contributed by atoms with Gasteiger partial charge in [-0.3, -0.25) is 0 Å². The van der Waals surface area contributed by atoms with Crippen LogP contribution in [0.3, 0.4) is 0 Å². The highest BCUT2D eigenvalue weighted by Crippen LogP contribution is 2.31. The number of rotatable bonds is 6. The summed E-state index contributed by atoms with van der Waals surface area (Å²) in [5.41, 5.74) is 0.686. The van der Waals surface area contributed by atoms with E-state index in [1.165, 1.54) is 11.3 Å². The van der Waals surface area contributed by atoms with Gasteiger partial charge >= 0.3 is 5.97 Å². The largest absolute Gasteiger partial charge is 0.477 e. The van der Waals surface area contributed by atoms with Gasteiger partial charge in [0, 0.05) is 18.8 Å². The number of anilines is 1. The maximum Gasteiger partial charge on any atom is 0.347 e. The van der Waals surface area contributed by atoms with Crippen LogP contribution in [0.1, 0.15) is 42.1 Å². The van der Waals surface area contributed by atoms with Crippen molar-refractivity contribution in [1.29, 1.82) is 0 Å². The molecule has 0 bridgehead atoms. The lowest BCUT2D eigenvalue weighted by molar-refractivity contribution is 0.0700. The van der Waals surface area contributed by atoms with E-state index in [4.69, 9.17) is 0 Å². The number of aromatic nitrogens is 1. The van der Waals surface area contributed by atoms with E-state index >= 15 is 0 Å². The molecule has 1 heterocycles. The molecule has 4 nitrogen and oxygen atoms in total. The zero-order chi connectivity index (χ0) is 13.9. The van der Waals surface area contributed by atoms with E-state index in [9.17, 15) is 9.90 Å². The lowest BCUT2D eigenvalue weighted by atomic mass is 10.1. The average Bonchev–Trinajstić information content (AvgIpc) is 2.73. The number of aromatic carboxylic acids is 1. The normalized spacial score (nSPS) is 12.8. The second-order valence-electron chi connectivity index (χ2n) is 4.59. The van der Waals surface area contributed by atoms with Crippen LogP contribution in [0, 0.1) is 0 Å². The molecule has 0 aliphatic rings. The van der Waals surface area contributed by atoms with E-state index in [0.717, 1.165) is 10.9 Å². The van der Waals surface area contributed by atoms with Gasteiger partial charge in [-0.2, -0.15) is 11.8 Å². The van der Waals surface area contributed by atoms with Crippen LogP contribution >= 0.6 is 23.1 Å². The standard InChI is InChI=1S/C12H20N2O2S2/c1-7(2)9-10(11(15)16)18-12(13-9)14(4)8(3)6-17-5/h7-8H,6H2,1-5H3,(H,15,16). The van der Waals surface area contributed by atoms with Crippen LogP contribution in [-0.2, 0) is 0 Å². The first kappa shape index (κ1) is 15.3. The molecule has 1 aromatic heterocycles. The zero-order valence-electron chi connectivity index (χ0n) is 11.4. The first-order valence-electron chi connectivity index (χ1n) is 5.84. The van der Waals surface area contributed by atoms with Crippen molar-refractivity contribution in [2.45, 2.75) is 32.7 Å². The Morgan fingerprint density at radius 1 is 1.50 bits per heavy atom. The molecule has 1 unspecified atom stereocenters. The van der Waals surface area contributed by atoms with Crippen molar-refractivity contribution in [3.63, 3.8) is 0 Å². The number of carboxylic acid groups (broad SMARTS) is 1. The number of nitrogens with zero attached hydrogens (tertiary/aromatic N) is 2. The third-order valence-electron chi connectivity index (χ3n) is 2.75. The molecule has 1 atom stereocenters. The summed E-state index contributed by atoms with van der Waals surface area (Å²) in [5.74, 6) is 0.244. The molecule has 0 saturated heterocycles. The number of hydrogen-bond donors (Lipinski definition) is 1. The van der Waals surface area contributed by atoms with Crippen LogP contribution in [0.4, 0.5) is 5.13 Å². The lowest BCUT2D eigenvalue weighted by Crippen LogP contribution is -2.30. The summed E-state index contributed by atoms with van der Waals surface area (Å²) in [6.45, 7) is 6.06. The first-order chi connectivity index (χ1) is 8.38. The number of carboxylic acids is 1. The van der Waals surface area contributed by atoms with Crippen LogP contribution < -0.4 is 4.90 Å². The summed E-state index contributed by atoms with van der Waals surface area (Å²) in [4.78, 5) is 18.1. The minimum atomic E-state index is -0.881. The number of carbonyl (C=O) groups is 1. The molecule has 0 aliphatic carbocycles.